The first-order valence-electron chi connectivity index (χ1n) is 6.34. The third kappa shape index (κ3) is 3.44. The first-order chi connectivity index (χ1) is 9.13. The van der Waals surface area contributed by atoms with Crippen molar-refractivity contribution in [2.45, 2.75) is 26.3 Å². The fourth-order valence-corrected chi connectivity index (χ4v) is 3.59. The molecule has 1 nitrogen and oxygen atoms in total. The van der Waals surface area contributed by atoms with Gasteiger partial charge in [-0.2, -0.15) is 11.3 Å². The second-order valence-corrected chi connectivity index (χ2v) is 6.17. The molecule has 1 unspecified atom stereocenters. The SMILES string of the molecule is CCCNC(c1ccc(F)c(C)c1)c1cscc1Br. The van der Waals surface area contributed by atoms with Crippen molar-refractivity contribution in [3.05, 3.63) is 55.9 Å². The lowest BCUT2D eigenvalue weighted by molar-refractivity contribution is 0.590. The van der Waals surface area contributed by atoms with Crippen LogP contribution in [-0.4, -0.2) is 6.54 Å². The third-order valence-electron chi connectivity index (χ3n) is 3.07. The van der Waals surface area contributed by atoms with E-state index in [1.54, 1.807) is 24.3 Å². The Morgan fingerprint density at radius 3 is 2.74 bits per heavy atom. The summed E-state index contributed by atoms with van der Waals surface area (Å²) in [5.41, 5.74) is 3.00. The van der Waals surface area contributed by atoms with E-state index < -0.39 is 0 Å². The smallest absolute Gasteiger partial charge is 0.126 e. The Morgan fingerprint density at radius 2 is 2.16 bits per heavy atom. The van der Waals surface area contributed by atoms with Crippen LogP contribution in [0.2, 0.25) is 0 Å². The van der Waals surface area contributed by atoms with Crippen molar-refractivity contribution < 1.29 is 4.39 Å². The predicted octanol–water partition coefficient (Wildman–Crippen LogP) is 5.05. The van der Waals surface area contributed by atoms with Crippen molar-refractivity contribution in [1.82, 2.24) is 5.32 Å². The van der Waals surface area contributed by atoms with Crippen molar-refractivity contribution >= 4 is 27.3 Å². The molecule has 0 aliphatic rings. The van der Waals surface area contributed by atoms with Crippen LogP contribution in [0, 0.1) is 12.7 Å². The summed E-state index contributed by atoms with van der Waals surface area (Å²) in [6.07, 6.45) is 1.07. The average molecular weight is 342 g/mol. The van der Waals surface area contributed by atoms with Gasteiger partial charge in [-0.1, -0.05) is 19.1 Å². The summed E-state index contributed by atoms with van der Waals surface area (Å²) < 4.78 is 14.5. The molecule has 0 fully saturated rings. The Morgan fingerprint density at radius 1 is 1.37 bits per heavy atom. The van der Waals surface area contributed by atoms with Crippen LogP contribution in [0.4, 0.5) is 4.39 Å². The fourth-order valence-electron chi connectivity index (χ4n) is 2.04. The molecule has 0 saturated heterocycles. The van der Waals surface area contributed by atoms with Gasteiger partial charge in [0.25, 0.3) is 0 Å². The number of benzene rings is 1. The lowest BCUT2D eigenvalue weighted by Gasteiger charge is -2.19. The van der Waals surface area contributed by atoms with Crippen molar-refractivity contribution in [2.24, 2.45) is 0 Å². The number of hydrogen-bond acceptors (Lipinski definition) is 2. The highest BCUT2D eigenvalue weighted by atomic mass is 79.9. The van der Waals surface area contributed by atoms with Gasteiger partial charge in [-0.25, -0.2) is 4.39 Å². The zero-order valence-corrected chi connectivity index (χ0v) is 13.4. The lowest BCUT2D eigenvalue weighted by atomic mass is 9.99. The molecule has 0 aliphatic heterocycles. The van der Waals surface area contributed by atoms with Crippen LogP contribution in [-0.2, 0) is 0 Å². The summed E-state index contributed by atoms with van der Waals surface area (Å²) in [6.45, 7) is 4.88. The van der Waals surface area contributed by atoms with Crippen LogP contribution < -0.4 is 5.32 Å². The molecule has 1 N–H and O–H groups in total. The highest BCUT2D eigenvalue weighted by Gasteiger charge is 2.17. The van der Waals surface area contributed by atoms with Crippen LogP contribution in [0.15, 0.2) is 33.4 Å². The Hall–Kier alpha value is -0.710. The number of nitrogens with one attached hydrogen (secondary N) is 1. The molecule has 1 aromatic heterocycles. The van der Waals surface area contributed by atoms with Gasteiger partial charge in [-0.3, -0.25) is 0 Å². The lowest BCUT2D eigenvalue weighted by Crippen LogP contribution is -2.23. The summed E-state index contributed by atoms with van der Waals surface area (Å²) in [5, 5.41) is 7.74. The molecular formula is C15H17BrFNS. The molecule has 0 spiro atoms. The van der Waals surface area contributed by atoms with E-state index in [0.717, 1.165) is 23.0 Å². The van der Waals surface area contributed by atoms with Gasteiger partial charge in [-0.05, 0) is 64.0 Å². The molecule has 0 saturated carbocycles. The quantitative estimate of drug-likeness (QED) is 0.802. The molecule has 2 rings (SSSR count). The van der Waals surface area contributed by atoms with Gasteiger partial charge in [0.15, 0.2) is 0 Å². The molecule has 0 aliphatic carbocycles. The molecule has 1 heterocycles. The Kier molecular flexibility index (Phi) is 5.13. The van der Waals surface area contributed by atoms with Crippen LogP contribution in [0.3, 0.4) is 0 Å². The van der Waals surface area contributed by atoms with E-state index in [2.05, 4.69) is 38.9 Å². The van der Waals surface area contributed by atoms with Crippen LogP contribution in [0.5, 0.6) is 0 Å². The summed E-state index contributed by atoms with van der Waals surface area (Å²) in [7, 11) is 0. The second kappa shape index (κ2) is 6.64. The molecule has 0 bridgehead atoms. The summed E-state index contributed by atoms with van der Waals surface area (Å²) in [4.78, 5) is 0. The normalized spacial score (nSPS) is 12.6. The van der Waals surface area contributed by atoms with E-state index >= 15 is 0 Å². The fraction of sp³-hybridized carbons (Fsp3) is 0.333. The topological polar surface area (TPSA) is 12.0 Å². The molecule has 102 valence electrons. The molecule has 1 aromatic carbocycles. The maximum atomic E-state index is 13.4. The summed E-state index contributed by atoms with van der Waals surface area (Å²) in [5.74, 6) is -0.151. The number of aryl methyl sites for hydroxylation is 1. The first-order valence-corrected chi connectivity index (χ1v) is 8.08. The van der Waals surface area contributed by atoms with E-state index in [9.17, 15) is 4.39 Å². The number of thiophene rings is 1. The van der Waals surface area contributed by atoms with Gasteiger partial charge >= 0.3 is 0 Å². The number of halogens is 2. The second-order valence-electron chi connectivity index (χ2n) is 4.57. The Labute approximate surface area is 126 Å². The molecule has 0 amide bonds. The van der Waals surface area contributed by atoms with Gasteiger partial charge in [-0.15, -0.1) is 0 Å². The van der Waals surface area contributed by atoms with Gasteiger partial charge in [0.05, 0.1) is 6.04 Å². The number of hydrogen-bond donors (Lipinski definition) is 1. The highest BCUT2D eigenvalue weighted by Crippen LogP contribution is 2.32. The average Bonchev–Trinajstić information content (AvgIpc) is 2.80. The van der Waals surface area contributed by atoms with E-state index in [-0.39, 0.29) is 11.9 Å². The minimum absolute atomic E-state index is 0.111. The molecule has 1 atom stereocenters. The first kappa shape index (κ1) is 14.7. The van der Waals surface area contributed by atoms with Crippen molar-refractivity contribution in [1.29, 1.82) is 0 Å². The zero-order chi connectivity index (χ0) is 13.8. The van der Waals surface area contributed by atoms with E-state index in [1.807, 2.05) is 12.1 Å². The van der Waals surface area contributed by atoms with Gasteiger partial charge in [0, 0.05) is 9.85 Å². The standard InChI is InChI=1S/C15H17BrFNS/c1-3-6-18-15(12-8-19-9-13(12)16)11-4-5-14(17)10(2)7-11/h4-5,7-9,15,18H,3,6H2,1-2H3. The summed E-state index contributed by atoms with van der Waals surface area (Å²) in [6, 6.07) is 5.44. The maximum Gasteiger partial charge on any atom is 0.126 e. The van der Waals surface area contributed by atoms with E-state index in [1.165, 1.54) is 5.56 Å². The van der Waals surface area contributed by atoms with Gasteiger partial charge in [0.1, 0.15) is 5.82 Å². The Bertz CT molecular complexity index is 553. The van der Waals surface area contributed by atoms with E-state index in [4.69, 9.17) is 0 Å². The van der Waals surface area contributed by atoms with E-state index in [0.29, 0.717) is 5.56 Å². The molecule has 2 aromatic rings. The molecule has 19 heavy (non-hydrogen) atoms. The third-order valence-corrected chi connectivity index (χ3v) is 4.82. The highest BCUT2D eigenvalue weighted by molar-refractivity contribution is 9.10. The minimum atomic E-state index is -0.151. The monoisotopic (exact) mass is 341 g/mol. The minimum Gasteiger partial charge on any atom is -0.306 e. The molecule has 4 heteroatoms. The number of rotatable bonds is 5. The largest absolute Gasteiger partial charge is 0.306 e. The maximum absolute atomic E-state index is 13.4. The van der Waals surface area contributed by atoms with Crippen LogP contribution >= 0.6 is 27.3 Å². The van der Waals surface area contributed by atoms with Gasteiger partial charge < -0.3 is 5.32 Å². The summed E-state index contributed by atoms with van der Waals surface area (Å²) >= 11 is 5.25. The van der Waals surface area contributed by atoms with Crippen molar-refractivity contribution in [3.63, 3.8) is 0 Å². The predicted molar refractivity (Wildman–Crippen MR) is 83.3 cm³/mol. The molecular weight excluding hydrogens is 325 g/mol. The zero-order valence-electron chi connectivity index (χ0n) is 11.0. The van der Waals surface area contributed by atoms with Crippen molar-refractivity contribution in [2.75, 3.05) is 6.54 Å². The van der Waals surface area contributed by atoms with Crippen LogP contribution in [0.25, 0.3) is 0 Å². The van der Waals surface area contributed by atoms with Crippen LogP contribution in [0.1, 0.15) is 36.1 Å². The van der Waals surface area contributed by atoms with Gasteiger partial charge in [0.2, 0.25) is 0 Å². The molecule has 0 radical (unpaired) electrons. The van der Waals surface area contributed by atoms with Crippen molar-refractivity contribution in [3.8, 4) is 0 Å². The Balaban J connectivity index is 2.37.